The van der Waals surface area contributed by atoms with Crippen LogP contribution in [0.3, 0.4) is 0 Å². The number of ether oxygens (including phenoxy) is 2. The molecule has 0 saturated carbocycles. The number of nitrogens with one attached hydrogen (secondary N) is 1. The molecule has 1 saturated heterocycles. The number of hydrogen-bond acceptors (Lipinski definition) is 13. The third kappa shape index (κ3) is 8.83. The minimum absolute atomic E-state index is 0. The molecule has 0 aromatic rings. The number of hydrogen-bond donors (Lipinski definition) is 5. The van der Waals surface area contributed by atoms with Gasteiger partial charge in [0, 0.05) is 13.3 Å². The first-order chi connectivity index (χ1) is 13.8. The van der Waals surface area contributed by atoms with Gasteiger partial charge in [0.2, 0.25) is 16.3 Å². The van der Waals surface area contributed by atoms with Gasteiger partial charge in [0.25, 0.3) is 0 Å². The monoisotopic (exact) mass is 501 g/mol. The van der Waals surface area contributed by atoms with E-state index in [4.69, 9.17) is 9.47 Å². The second-order valence-electron chi connectivity index (χ2n) is 6.78. The number of aliphatic hydroxyl groups is 4. The average molecular weight is 501 g/mol. The van der Waals surface area contributed by atoms with Gasteiger partial charge in [-0.1, -0.05) is 0 Å². The van der Waals surface area contributed by atoms with E-state index in [2.05, 4.69) is 9.50 Å². The van der Waals surface area contributed by atoms with Crippen molar-refractivity contribution in [2.24, 2.45) is 0 Å². The summed E-state index contributed by atoms with van der Waals surface area (Å²) in [7, 11) is -5.16. The van der Waals surface area contributed by atoms with Crippen molar-refractivity contribution in [1.29, 1.82) is 0 Å². The van der Waals surface area contributed by atoms with Gasteiger partial charge in [-0.25, -0.2) is 8.42 Å². The van der Waals surface area contributed by atoms with Gasteiger partial charge in [-0.3, -0.25) is 8.98 Å². The summed E-state index contributed by atoms with van der Waals surface area (Å²) >= 11 is 0. The molecular formula is C15H21NNa2O13S. The topological polar surface area (TPSA) is 235 Å². The molecule has 2 rings (SSSR count). The summed E-state index contributed by atoms with van der Waals surface area (Å²) in [5.74, 6) is -2.31. The third-order valence-corrected chi connectivity index (χ3v) is 4.98. The van der Waals surface area contributed by atoms with Crippen LogP contribution in [-0.4, -0.2) is 101 Å². The summed E-state index contributed by atoms with van der Waals surface area (Å²) in [6.45, 7) is 0.0717. The molecule has 1 aliphatic carbocycles. The maximum Gasteiger partial charge on any atom is 1.00 e. The summed E-state index contributed by atoms with van der Waals surface area (Å²) in [6.07, 6.45) is -11.2. The summed E-state index contributed by atoms with van der Waals surface area (Å²) in [5.41, 5.74) is -0.395. The molecule has 17 heteroatoms. The van der Waals surface area contributed by atoms with E-state index in [1.807, 2.05) is 0 Å². The Bertz CT molecular complexity index is 794. The van der Waals surface area contributed by atoms with E-state index in [9.17, 15) is 48.1 Å². The van der Waals surface area contributed by atoms with E-state index in [0.29, 0.717) is 0 Å². The van der Waals surface area contributed by atoms with E-state index in [1.54, 1.807) is 0 Å². The molecule has 2 aliphatic rings. The Morgan fingerprint density at radius 1 is 1.22 bits per heavy atom. The van der Waals surface area contributed by atoms with E-state index in [0.717, 1.165) is 13.0 Å². The van der Waals surface area contributed by atoms with Gasteiger partial charge in [-0.05, 0) is 11.6 Å². The molecule has 32 heavy (non-hydrogen) atoms. The van der Waals surface area contributed by atoms with Crippen LogP contribution in [0.15, 0.2) is 11.6 Å². The minimum atomic E-state index is -5.16. The van der Waals surface area contributed by atoms with Gasteiger partial charge in [0.1, 0.15) is 36.6 Å². The predicted octanol–water partition coefficient (Wildman–Crippen LogP) is -11.4. The molecule has 5 N–H and O–H groups in total. The van der Waals surface area contributed by atoms with Crippen LogP contribution in [0.1, 0.15) is 13.3 Å². The number of rotatable bonds is 7. The number of carboxylic acids is 1. The third-order valence-electron chi connectivity index (χ3n) is 4.56. The van der Waals surface area contributed by atoms with Crippen LogP contribution >= 0.6 is 0 Å². The van der Waals surface area contributed by atoms with Crippen LogP contribution in [-0.2, 0) is 33.6 Å². The van der Waals surface area contributed by atoms with Crippen molar-refractivity contribution in [3.05, 3.63) is 11.6 Å². The van der Waals surface area contributed by atoms with Gasteiger partial charge >= 0.3 is 59.1 Å². The fraction of sp³-hybridized carbons (Fsp3) is 0.733. The summed E-state index contributed by atoms with van der Waals surface area (Å²) in [5, 5.41) is 54.0. The van der Waals surface area contributed by atoms with E-state index in [-0.39, 0.29) is 59.1 Å². The maximum atomic E-state index is 11.5. The normalized spacial score (nSPS) is 35.0. The second-order valence-corrected chi connectivity index (χ2v) is 7.83. The van der Waals surface area contributed by atoms with Crippen LogP contribution in [0.25, 0.3) is 0 Å². The molecule has 8 atom stereocenters. The minimum Gasteiger partial charge on any atom is -0.726 e. The van der Waals surface area contributed by atoms with Crippen LogP contribution in [0, 0.1) is 0 Å². The van der Waals surface area contributed by atoms with E-state index in [1.165, 1.54) is 0 Å². The van der Waals surface area contributed by atoms with Gasteiger partial charge in [0.15, 0.2) is 6.29 Å². The first kappa shape index (κ1) is 32.3. The molecule has 1 amide bonds. The summed E-state index contributed by atoms with van der Waals surface area (Å²) in [4.78, 5) is 22.6. The van der Waals surface area contributed by atoms with Crippen LogP contribution in [0.4, 0.5) is 0 Å². The van der Waals surface area contributed by atoms with E-state index < -0.39 is 89.8 Å². The van der Waals surface area contributed by atoms with Crippen LogP contribution < -0.4 is 69.5 Å². The van der Waals surface area contributed by atoms with Crippen molar-refractivity contribution in [1.82, 2.24) is 5.32 Å². The SMILES string of the molecule is CC(=O)N[C@H]1C(O)O[C@H](COS(=O)(=O)[O-])[C@H](O)[C@@H]1OC1CC(C(=O)[O-])=C[C@H](O)[C@H]1O.[Na+].[Na+]. The van der Waals surface area contributed by atoms with Crippen molar-refractivity contribution < 1.29 is 121 Å². The molecule has 0 bridgehead atoms. The molecule has 1 heterocycles. The quantitative estimate of drug-likeness (QED) is 0.124. The second kappa shape index (κ2) is 13.4. The predicted molar refractivity (Wildman–Crippen MR) is 88.5 cm³/mol. The number of carbonyl (C=O) groups is 2. The Labute approximate surface area is 227 Å². The summed E-state index contributed by atoms with van der Waals surface area (Å²) in [6, 6.07) is -1.45. The zero-order chi connectivity index (χ0) is 22.8. The van der Waals surface area contributed by atoms with Gasteiger partial charge in [0.05, 0.1) is 18.7 Å². The van der Waals surface area contributed by atoms with Crippen molar-refractivity contribution in [2.45, 2.75) is 62.3 Å². The molecule has 0 radical (unpaired) electrons. The standard InChI is InChI=1S/C15H23NO13S.2Na/c1-5(17)16-10-13(12(20)9(29-15(10)23)4-27-30(24,25)26)28-8-3-6(14(21)22)2-7(18)11(8)19;;/h2,7-13,15,18-20,23H,3-4H2,1H3,(H,16,17)(H,21,22)(H,24,25,26);;/q;2*+1/p-2/t7-,8?,9+,10+,11+,12-,13+,15?;;/m0../s1. The zero-order valence-electron chi connectivity index (χ0n) is 17.5. The van der Waals surface area contributed by atoms with Crippen molar-refractivity contribution >= 4 is 22.3 Å². The molecule has 14 nitrogen and oxygen atoms in total. The smallest absolute Gasteiger partial charge is 0.726 e. The van der Waals surface area contributed by atoms with Gasteiger partial charge < -0.3 is 49.7 Å². The molecule has 2 unspecified atom stereocenters. The Kier molecular flexibility index (Phi) is 13.5. The summed E-state index contributed by atoms with van der Waals surface area (Å²) < 4.78 is 46.5. The number of amides is 1. The first-order valence-corrected chi connectivity index (χ1v) is 9.96. The van der Waals surface area contributed by atoms with E-state index >= 15 is 0 Å². The largest absolute Gasteiger partial charge is 1.00 e. The van der Waals surface area contributed by atoms with Crippen molar-refractivity contribution in [3.8, 4) is 0 Å². The Hall–Kier alpha value is 0.310. The number of aliphatic hydroxyl groups excluding tert-OH is 4. The van der Waals surface area contributed by atoms with Crippen molar-refractivity contribution in [3.63, 3.8) is 0 Å². The molecular weight excluding hydrogens is 480 g/mol. The number of carbonyl (C=O) groups excluding carboxylic acids is 2. The Morgan fingerprint density at radius 3 is 2.31 bits per heavy atom. The Balaban J connectivity index is 0.00000480. The first-order valence-electron chi connectivity index (χ1n) is 8.62. The molecule has 0 spiro atoms. The molecule has 1 fully saturated rings. The molecule has 0 aromatic carbocycles. The molecule has 1 aliphatic heterocycles. The zero-order valence-corrected chi connectivity index (χ0v) is 22.3. The van der Waals surface area contributed by atoms with Crippen molar-refractivity contribution in [2.75, 3.05) is 6.61 Å². The average Bonchev–Trinajstić information content (AvgIpc) is 2.61. The van der Waals surface area contributed by atoms with Gasteiger partial charge in [-0.2, -0.15) is 0 Å². The van der Waals surface area contributed by atoms with Gasteiger partial charge in [-0.15, -0.1) is 0 Å². The fourth-order valence-corrected chi connectivity index (χ4v) is 3.48. The van der Waals surface area contributed by atoms with Crippen LogP contribution in [0.5, 0.6) is 0 Å². The maximum absolute atomic E-state index is 11.5. The number of aliphatic carboxylic acids is 1. The molecule has 0 aromatic heterocycles. The number of carboxylic acid groups (broad SMARTS) is 1. The molecule has 172 valence electrons. The Morgan fingerprint density at radius 2 is 1.81 bits per heavy atom. The van der Waals surface area contributed by atoms with Crippen LogP contribution in [0.2, 0.25) is 0 Å². The fourth-order valence-electron chi connectivity index (χ4n) is 3.18.